The topological polar surface area (TPSA) is 26.0 Å². The molecule has 0 rings (SSSR count). The molecule has 0 aromatic carbocycles. The molecule has 0 atom stereocenters. The minimum absolute atomic E-state index is 1.26. The summed E-state index contributed by atoms with van der Waals surface area (Å²) in [5.41, 5.74) is 0. The molecule has 0 bridgehead atoms. The van der Waals surface area contributed by atoms with Crippen molar-refractivity contribution in [3.63, 3.8) is 0 Å². The second kappa shape index (κ2) is 15.1. The highest BCUT2D eigenvalue weighted by Crippen LogP contribution is 2.15. The fourth-order valence-electron chi connectivity index (χ4n) is 2.95. The van der Waals surface area contributed by atoms with Gasteiger partial charge in [0.05, 0.1) is 0 Å². The fraction of sp³-hybridized carbons (Fsp3) is 1.00. The van der Waals surface area contributed by atoms with E-state index in [1.807, 2.05) is 0 Å². The highest BCUT2D eigenvalue weighted by Gasteiger charge is 2.12. The zero-order valence-electron chi connectivity index (χ0n) is 15.4. The lowest BCUT2D eigenvalue weighted by Gasteiger charge is -2.14. The summed E-state index contributed by atoms with van der Waals surface area (Å²) in [6.07, 6.45) is 21.7. The van der Waals surface area contributed by atoms with Gasteiger partial charge in [-0.25, -0.2) is 0 Å². The van der Waals surface area contributed by atoms with Crippen LogP contribution in [0, 0.1) is 0 Å². The Morgan fingerprint density at radius 3 is 1.10 bits per heavy atom. The Labute approximate surface area is 136 Å². The van der Waals surface area contributed by atoms with Crippen LogP contribution in [0.3, 0.4) is 0 Å². The molecule has 0 saturated carbocycles. The third-order valence-corrected chi connectivity index (χ3v) is 6.07. The van der Waals surface area contributed by atoms with Crippen LogP contribution in [0.25, 0.3) is 0 Å². The first-order valence-corrected chi connectivity index (χ1v) is 13.1. The van der Waals surface area contributed by atoms with E-state index >= 15 is 0 Å². The van der Waals surface area contributed by atoms with E-state index in [1.165, 1.54) is 102 Å². The monoisotopic (exact) mass is 313 g/mol. The van der Waals surface area contributed by atoms with E-state index in [2.05, 4.69) is 20.0 Å². The molecule has 0 aromatic heterocycles. The fourth-order valence-corrected chi connectivity index (χ4v) is 4.11. The van der Waals surface area contributed by atoms with Gasteiger partial charge in [-0.2, -0.15) is 0 Å². The van der Waals surface area contributed by atoms with Gasteiger partial charge in [-0.15, -0.1) is 0 Å². The number of nitrogens with two attached hydrogens (primary N) is 1. The minimum Gasteiger partial charge on any atom is -0.351 e. The highest BCUT2D eigenvalue weighted by atomic mass is 28.3. The van der Waals surface area contributed by atoms with E-state index in [1.54, 1.807) is 0 Å². The van der Waals surface area contributed by atoms with E-state index in [4.69, 9.17) is 5.40 Å². The van der Waals surface area contributed by atoms with Crippen molar-refractivity contribution in [3.8, 4) is 0 Å². The molecule has 2 N–H and O–H groups in total. The lowest BCUT2D eigenvalue weighted by molar-refractivity contribution is 0.534. The van der Waals surface area contributed by atoms with Crippen molar-refractivity contribution in [1.29, 1.82) is 0 Å². The van der Waals surface area contributed by atoms with Crippen LogP contribution in [-0.2, 0) is 0 Å². The average Bonchev–Trinajstić information content (AvgIpc) is 2.42. The van der Waals surface area contributed by atoms with Gasteiger partial charge in [0.2, 0.25) is 0 Å². The van der Waals surface area contributed by atoms with Crippen LogP contribution in [0.4, 0.5) is 0 Å². The summed E-state index contributed by atoms with van der Waals surface area (Å²) in [6, 6.07) is 1.31. The second-order valence-electron chi connectivity index (χ2n) is 7.69. The lowest BCUT2D eigenvalue weighted by atomic mass is 10.0. The molecule has 2 heteroatoms. The molecular formula is C19H43NSi. The Morgan fingerprint density at radius 2 is 0.810 bits per heavy atom. The number of rotatable bonds is 16. The normalized spacial score (nSPS) is 12.0. The van der Waals surface area contributed by atoms with E-state index in [-0.39, 0.29) is 0 Å². The third kappa shape index (κ3) is 20.2. The molecule has 0 aromatic rings. The predicted molar refractivity (Wildman–Crippen MR) is 101 cm³/mol. The average molecular weight is 314 g/mol. The zero-order valence-corrected chi connectivity index (χ0v) is 16.4. The third-order valence-electron chi connectivity index (χ3n) is 4.42. The molecule has 0 heterocycles. The highest BCUT2D eigenvalue weighted by molar-refractivity contribution is 6.74. The molecule has 0 aliphatic carbocycles. The minimum atomic E-state index is -1.26. The van der Waals surface area contributed by atoms with E-state index < -0.39 is 8.24 Å². The number of unbranched alkanes of at least 4 members (excludes halogenated alkanes) is 14. The molecular weight excluding hydrogens is 270 g/mol. The van der Waals surface area contributed by atoms with Crippen LogP contribution < -0.4 is 5.40 Å². The SMILES string of the molecule is CCCCCCCCCCCCCCCCC[Si](C)(C)N. The van der Waals surface area contributed by atoms with Gasteiger partial charge in [0.1, 0.15) is 8.24 Å². The van der Waals surface area contributed by atoms with Crippen LogP contribution in [0.2, 0.25) is 19.1 Å². The molecule has 0 radical (unpaired) electrons. The Morgan fingerprint density at radius 1 is 0.524 bits per heavy atom. The quantitative estimate of drug-likeness (QED) is 0.240. The van der Waals surface area contributed by atoms with Crippen LogP contribution >= 0.6 is 0 Å². The summed E-state index contributed by atoms with van der Waals surface area (Å²) < 4.78 is 0. The molecule has 21 heavy (non-hydrogen) atoms. The van der Waals surface area contributed by atoms with Crippen molar-refractivity contribution in [3.05, 3.63) is 0 Å². The smallest absolute Gasteiger partial charge is 0.116 e. The summed E-state index contributed by atoms with van der Waals surface area (Å²) in [5, 5.41) is 6.13. The lowest BCUT2D eigenvalue weighted by Crippen LogP contribution is -2.37. The van der Waals surface area contributed by atoms with Gasteiger partial charge in [-0.1, -0.05) is 116 Å². The van der Waals surface area contributed by atoms with Gasteiger partial charge in [-0.05, 0) is 6.04 Å². The molecule has 0 aliphatic rings. The van der Waals surface area contributed by atoms with Crippen molar-refractivity contribution in [2.24, 2.45) is 5.40 Å². The van der Waals surface area contributed by atoms with Gasteiger partial charge in [0.25, 0.3) is 0 Å². The Kier molecular flexibility index (Phi) is 15.2. The standard InChI is InChI=1S/C19H43NSi/c1-4-5-6-7-8-9-10-11-12-13-14-15-16-17-18-19-21(2,3)20/h4-20H2,1-3H3. The van der Waals surface area contributed by atoms with Crippen molar-refractivity contribution < 1.29 is 0 Å². The van der Waals surface area contributed by atoms with Gasteiger partial charge in [0, 0.05) is 0 Å². The van der Waals surface area contributed by atoms with Crippen molar-refractivity contribution >= 4 is 8.24 Å². The first-order chi connectivity index (χ1) is 10.1. The maximum absolute atomic E-state index is 6.13. The maximum atomic E-state index is 6.13. The molecule has 1 nitrogen and oxygen atoms in total. The van der Waals surface area contributed by atoms with Gasteiger partial charge in [-0.3, -0.25) is 0 Å². The molecule has 0 aliphatic heterocycles. The number of hydrogen-bond acceptors (Lipinski definition) is 1. The first kappa shape index (κ1) is 21.2. The predicted octanol–water partition coefficient (Wildman–Crippen LogP) is 7.02. The largest absolute Gasteiger partial charge is 0.351 e. The van der Waals surface area contributed by atoms with Crippen molar-refractivity contribution in [1.82, 2.24) is 0 Å². The Bertz CT molecular complexity index is 198. The van der Waals surface area contributed by atoms with Gasteiger partial charge >= 0.3 is 0 Å². The second-order valence-corrected chi connectivity index (χ2v) is 12.2. The Hall–Kier alpha value is 0.177. The van der Waals surface area contributed by atoms with E-state index in [0.29, 0.717) is 0 Å². The van der Waals surface area contributed by atoms with Crippen molar-refractivity contribution in [2.75, 3.05) is 0 Å². The molecule has 0 unspecified atom stereocenters. The maximum Gasteiger partial charge on any atom is 0.116 e. The molecule has 0 saturated heterocycles. The van der Waals surface area contributed by atoms with Crippen LogP contribution in [0.5, 0.6) is 0 Å². The molecule has 0 spiro atoms. The van der Waals surface area contributed by atoms with Gasteiger partial charge < -0.3 is 5.40 Å². The summed E-state index contributed by atoms with van der Waals surface area (Å²) in [7, 11) is -1.26. The van der Waals surface area contributed by atoms with Crippen LogP contribution in [0.15, 0.2) is 0 Å². The molecule has 0 amide bonds. The molecule has 128 valence electrons. The van der Waals surface area contributed by atoms with Crippen molar-refractivity contribution in [2.45, 2.75) is 122 Å². The summed E-state index contributed by atoms with van der Waals surface area (Å²) in [4.78, 5) is 0. The summed E-state index contributed by atoms with van der Waals surface area (Å²) in [6.45, 7) is 6.84. The van der Waals surface area contributed by atoms with Crippen LogP contribution in [0.1, 0.15) is 103 Å². The van der Waals surface area contributed by atoms with Crippen LogP contribution in [-0.4, -0.2) is 8.24 Å². The molecule has 0 fully saturated rings. The summed E-state index contributed by atoms with van der Waals surface area (Å²) in [5.74, 6) is 0. The van der Waals surface area contributed by atoms with Gasteiger partial charge in [0.15, 0.2) is 0 Å². The zero-order chi connectivity index (χ0) is 15.8. The number of hydrogen-bond donors (Lipinski definition) is 1. The first-order valence-electron chi connectivity index (χ1n) is 9.85. The summed E-state index contributed by atoms with van der Waals surface area (Å²) >= 11 is 0. The Balaban J connectivity index is 3.00. The van der Waals surface area contributed by atoms with E-state index in [0.717, 1.165) is 0 Å². The van der Waals surface area contributed by atoms with E-state index in [9.17, 15) is 0 Å².